The van der Waals surface area contributed by atoms with Crippen molar-refractivity contribution in [1.29, 1.82) is 0 Å². The predicted octanol–water partition coefficient (Wildman–Crippen LogP) is 3.99. The minimum absolute atomic E-state index is 0.00951. The number of aromatic amines is 1. The lowest BCUT2D eigenvalue weighted by Crippen LogP contribution is -2.29. The Labute approximate surface area is 244 Å². The number of imidazole rings is 1. The van der Waals surface area contributed by atoms with Gasteiger partial charge < -0.3 is 14.8 Å². The lowest BCUT2D eigenvalue weighted by atomic mass is 9.98. The van der Waals surface area contributed by atoms with Crippen molar-refractivity contribution in [2.45, 2.75) is 25.3 Å². The van der Waals surface area contributed by atoms with Gasteiger partial charge in [0.15, 0.2) is 0 Å². The van der Waals surface area contributed by atoms with E-state index in [-0.39, 0.29) is 18.0 Å². The maximum Gasteiger partial charge on any atom is 0.411 e. The highest BCUT2D eigenvalue weighted by Gasteiger charge is 2.24. The molecule has 1 saturated heterocycles. The summed E-state index contributed by atoms with van der Waals surface area (Å²) in [6.45, 7) is 1.35. The second-order valence-electron chi connectivity index (χ2n) is 9.86. The average molecular weight is 588 g/mol. The van der Waals surface area contributed by atoms with E-state index >= 15 is 0 Å². The molecule has 0 saturated carbocycles. The van der Waals surface area contributed by atoms with Gasteiger partial charge in [0.2, 0.25) is 0 Å². The summed E-state index contributed by atoms with van der Waals surface area (Å²) in [5.74, 6) is 1.23. The first-order valence-electron chi connectivity index (χ1n) is 13.2. The Morgan fingerprint density at radius 1 is 1.17 bits per heavy atom. The molecular formula is C28H26ClN9O4. The Balaban J connectivity index is 1.36. The number of hydrogen-bond donors (Lipinski definition) is 2. The molecule has 1 fully saturated rings. The highest BCUT2D eigenvalue weighted by molar-refractivity contribution is 6.31. The van der Waals surface area contributed by atoms with Crippen LogP contribution in [0.15, 0.2) is 65.8 Å². The Morgan fingerprint density at radius 2 is 1.95 bits per heavy atom. The lowest BCUT2D eigenvalue weighted by Gasteiger charge is -2.25. The molecule has 0 unspecified atom stereocenters. The number of nitrogens with zero attached hydrogens (tertiary/aromatic N) is 8. The molecule has 14 heteroatoms. The third-order valence-corrected chi connectivity index (χ3v) is 7.48. The molecule has 214 valence electrons. The Hall–Kier alpha value is -4.88. The number of amides is 1. The number of tetrazole rings is 1. The van der Waals surface area contributed by atoms with E-state index in [1.165, 1.54) is 24.1 Å². The third kappa shape index (κ3) is 5.51. The molecule has 3 aromatic heterocycles. The summed E-state index contributed by atoms with van der Waals surface area (Å²) in [7, 11) is 1.48. The number of carbonyl (C=O) groups is 1. The van der Waals surface area contributed by atoms with Crippen molar-refractivity contribution in [1.82, 2.24) is 39.7 Å². The summed E-state index contributed by atoms with van der Waals surface area (Å²) in [6.07, 6.45) is 3.58. The molecule has 13 nitrogen and oxygen atoms in total. The van der Waals surface area contributed by atoms with Crippen LogP contribution in [-0.2, 0) is 11.3 Å². The van der Waals surface area contributed by atoms with E-state index in [9.17, 15) is 14.7 Å². The van der Waals surface area contributed by atoms with Gasteiger partial charge in [-0.2, -0.15) is 4.68 Å². The molecule has 6 rings (SSSR count). The number of H-pyrrole nitrogens is 1. The van der Waals surface area contributed by atoms with Crippen molar-refractivity contribution in [3.8, 4) is 28.2 Å². The first kappa shape index (κ1) is 27.3. The normalized spacial score (nSPS) is 13.8. The summed E-state index contributed by atoms with van der Waals surface area (Å²) in [6, 6.07) is 13.8. The van der Waals surface area contributed by atoms with Gasteiger partial charge in [-0.15, -0.1) is 5.10 Å². The largest absolute Gasteiger partial charge is 0.465 e. The van der Waals surface area contributed by atoms with Crippen LogP contribution in [0.1, 0.15) is 30.4 Å². The minimum Gasteiger partial charge on any atom is -0.465 e. The van der Waals surface area contributed by atoms with Crippen LogP contribution in [-0.4, -0.2) is 71.2 Å². The van der Waals surface area contributed by atoms with Gasteiger partial charge in [-0.05, 0) is 59.2 Å². The first-order chi connectivity index (χ1) is 20.4. The molecule has 2 aromatic carbocycles. The van der Waals surface area contributed by atoms with Gasteiger partial charge >= 0.3 is 6.09 Å². The summed E-state index contributed by atoms with van der Waals surface area (Å²) in [4.78, 5) is 38.9. The molecule has 1 aliphatic rings. The molecule has 1 amide bonds. The second kappa shape index (κ2) is 11.5. The van der Waals surface area contributed by atoms with Crippen molar-refractivity contribution in [3.05, 3.63) is 88.1 Å². The molecule has 4 heterocycles. The zero-order chi connectivity index (χ0) is 29.2. The van der Waals surface area contributed by atoms with E-state index in [4.69, 9.17) is 21.3 Å². The van der Waals surface area contributed by atoms with Crippen molar-refractivity contribution in [2.75, 3.05) is 25.2 Å². The number of nitrogens with one attached hydrogen (secondary N) is 1. The number of carboxylic acid groups (broad SMARTS) is 1. The average Bonchev–Trinajstić information content (AvgIpc) is 3.71. The maximum atomic E-state index is 13.7. The van der Waals surface area contributed by atoms with Gasteiger partial charge in [-0.3, -0.25) is 14.3 Å². The smallest absolute Gasteiger partial charge is 0.411 e. The molecular weight excluding hydrogens is 562 g/mol. The van der Waals surface area contributed by atoms with E-state index in [1.807, 2.05) is 12.1 Å². The Bertz CT molecular complexity index is 1780. The van der Waals surface area contributed by atoms with Crippen LogP contribution in [0.4, 0.5) is 10.5 Å². The van der Waals surface area contributed by atoms with Crippen molar-refractivity contribution in [3.63, 3.8) is 0 Å². The molecule has 0 spiro atoms. The highest BCUT2D eigenvalue weighted by Crippen LogP contribution is 2.31. The maximum absolute atomic E-state index is 13.7. The number of rotatable bonds is 7. The highest BCUT2D eigenvalue weighted by atomic mass is 35.5. The van der Waals surface area contributed by atoms with Gasteiger partial charge in [0.05, 0.1) is 29.8 Å². The van der Waals surface area contributed by atoms with E-state index < -0.39 is 6.09 Å². The van der Waals surface area contributed by atoms with Crippen molar-refractivity contribution in [2.24, 2.45) is 0 Å². The molecule has 42 heavy (non-hydrogen) atoms. The predicted molar refractivity (Wildman–Crippen MR) is 154 cm³/mol. The van der Waals surface area contributed by atoms with Gasteiger partial charge in [0, 0.05) is 48.5 Å². The van der Waals surface area contributed by atoms with Gasteiger partial charge in [-0.25, -0.2) is 14.8 Å². The topological polar surface area (TPSA) is 157 Å². The summed E-state index contributed by atoms with van der Waals surface area (Å²) in [5, 5.41) is 21.2. The number of ether oxygens (including phenoxy) is 1. The van der Waals surface area contributed by atoms with Crippen LogP contribution in [0.25, 0.3) is 28.2 Å². The molecule has 2 N–H and O–H groups in total. The van der Waals surface area contributed by atoms with Crippen LogP contribution in [0.3, 0.4) is 0 Å². The zero-order valence-electron chi connectivity index (χ0n) is 22.5. The van der Waals surface area contributed by atoms with E-state index in [0.717, 1.165) is 29.0 Å². The standard InChI is InChI=1S/C28H26ClN9O4/c1-36(28(40)41)20-5-2-17(3-6-20)23-14-30-25(32-23)15-37-26(39)13-22(33-27(37)18-8-10-42-11-9-18)21-12-19(29)4-7-24(21)38-16-31-34-35-38/h2-7,12-14,16,18H,8-11,15H2,1H3,(H,30,32)(H,40,41). The van der Waals surface area contributed by atoms with Crippen molar-refractivity contribution < 1.29 is 14.6 Å². The fourth-order valence-corrected chi connectivity index (χ4v) is 5.16. The molecule has 0 radical (unpaired) electrons. The van der Waals surface area contributed by atoms with Crippen molar-refractivity contribution >= 4 is 23.4 Å². The fraction of sp³-hybridized carbons (Fsp3) is 0.250. The lowest BCUT2D eigenvalue weighted by molar-refractivity contribution is 0.0825. The molecule has 0 aliphatic carbocycles. The van der Waals surface area contributed by atoms with Crippen LogP contribution >= 0.6 is 11.6 Å². The van der Waals surface area contributed by atoms with E-state index in [0.29, 0.717) is 52.5 Å². The Kier molecular flexibility index (Phi) is 7.50. The number of benzene rings is 2. The quantitative estimate of drug-likeness (QED) is 0.287. The number of halogens is 1. The molecule has 5 aromatic rings. The number of hydrogen-bond acceptors (Lipinski definition) is 8. The van der Waals surface area contributed by atoms with E-state index in [2.05, 4.69) is 25.5 Å². The van der Waals surface area contributed by atoms with Crippen LogP contribution in [0, 0.1) is 0 Å². The molecule has 0 bridgehead atoms. The fourth-order valence-electron chi connectivity index (χ4n) is 4.99. The minimum atomic E-state index is -1.04. The summed E-state index contributed by atoms with van der Waals surface area (Å²) < 4.78 is 8.74. The van der Waals surface area contributed by atoms with Gasteiger partial charge in [0.25, 0.3) is 5.56 Å². The summed E-state index contributed by atoms with van der Waals surface area (Å²) in [5.41, 5.74) is 3.63. The third-order valence-electron chi connectivity index (χ3n) is 7.24. The first-order valence-corrected chi connectivity index (χ1v) is 13.6. The van der Waals surface area contributed by atoms with Crippen LogP contribution in [0.2, 0.25) is 5.02 Å². The SMILES string of the molecule is CN(C(=O)O)c1ccc(-c2cnc(Cn3c(C4CCOCC4)nc(-c4cc(Cl)ccc4-n4cnnn4)cc3=O)[nH]2)cc1. The van der Waals surface area contributed by atoms with Crippen LogP contribution in [0.5, 0.6) is 0 Å². The van der Waals surface area contributed by atoms with E-state index in [1.54, 1.807) is 41.1 Å². The second-order valence-corrected chi connectivity index (χ2v) is 10.3. The monoisotopic (exact) mass is 587 g/mol. The Morgan fingerprint density at radius 3 is 2.67 bits per heavy atom. The van der Waals surface area contributed by atoms with Gasteiger partial charge in [-0.1, -0.05) is 23.7 Å². The zero-order valence-corrected chi connectivity index (χ0v) is 23.3. The molecule has 0 atom stereocenters. The van der Waals surface area contributed by atoms with Gasteiger partial charge in [0.1, 0.15) is 18.0 Å². The summed E-state index contributed by atoms with van der Waals surface area (Å²) >= 11 is 6.36. The number of aromatic nitrogens is 8. The molecule has 1 aliphatic heterocycles. The number of anilines is 1. The van der Waals surface area contributed by atoms with Crippen LogP contribution < -0.4 is 10.5 Å².